The number of hydrogen-bond acceptors (Lipinski definition) is 5. The molecule has 2 heterocycles. The Morgan fingerprint density at radius 3 is 2.05 bits per heavy atom. The molecule has 1 aliphatic heterocycles. The highest BCUT2D eigenvalue weighted by Gasteiger charge is 2.29. The van der Waals surface area contributed by atoms with E-state index in [9.17, 15) is 23.5 Å². The van der Waals surface area contributed by atoms with Crippen LogP contribution >= 0.6 is 0 Å². The minimum atomic E-state index is -0.588. The van der Waals surface area contributed by atoms with Crippen molar-refractivity contribution in [3.8, 4) is 5.75 Å². The van der Waals surface area contributed by atoms with Gasteiger partial charge in [0.1, 0.15) is 23.0 Å². The lowest BCUT2D eigenvalue weighted by Crippen LogP contribution is -2.50. The highest BCUT2D eigenvalue weighted by atomic mass is 19.1. The van der Waals surface area contributed by atoms with Gasteiger partial charge >= 0.3 is 5.63 Å². The summed E-state index contributed by atoms with van der Waals surface area (Å²) in [6.07, 6.45) is -0.0790. The van der Waals surface area contributed by atoms with Crippen molar-refractivity contribution < 1.29 is 23.1 Å². The first kappa shape index (κ1) is 24.6. The number of rotatable bonds is 5. The van der Waals surface area contributed by atoms with Crippen molar-refractivity contribution in [3.05, 3.63) is 111 Å². The van der Waals surface area contributed by atoms with Gasteiger partial charge in [0.2, 0.25) is 5.91 Å². The number of fused-ring (bicyclic) bond motifs is 1. The van der Waals surface area contributed by atoms with Crippen LogP contribution in [0, 0.1) is 18.6 Å². The standard InChI is InChI=1S/C29H26F2N2O4/c1-18-24-11-10-23(34)16-26(24)37-29(36)25(18)17-27(35)32-12-14-33(15-13-32)28(19-2-6-21(30)7-3-19)20-4-8-22(31)9-5-20/h2-11,16,28,34H,12-15,17H2,1H3. The van der Waals surface area contributed by atoms with E-state index < -0.39 is 5.63 Å². The maximum atomic E-state index is 13.6. The predicted octanol–water partition coefficient (Wildman–Crippen LogP) is 4.56. The molecule has 0 unspecified atom stereocenters. The van der Waals surface area contributed by atoms with Gasteiger partial charge in [-0.1, -0.05) is 24.3 Å². The number of hydrogen-bond donors (Lipinski definition) is 1. The largest absolute Gasteiger partial charge is 0.508 e. The second kappa shape index (κ2) is 10.1. The van der Waals surface area contributed by atoms with Gasteiger partial charge in [-0.05, 0) is 60.0 Å². The van der Waals surface area contributed by atoms with E-state index in [1.165, 1.54) is 36.4 Å². The molecule has 0 aliphatic carbocycles. The van der Waals surface area contributed by atoms with E-state index in [2.05, 4.69) is 4.90 Å². The maximum Gasteiger partial charge on any atom is 0.340 e. The first-order valence-electron chi connectivity index (χ1n) is 12.1. The summed E-state index contributed by atoms with van der Waals surface area (Å²) in [5.74, 6) is -0.839. The molecule has 0 bridgehead atoms. The van der Waals surface area contributed by atoms with Crippen LogP contribution in [-0.4, -0.2) is 47.0 Å². The Hall–Kier alpha value is -4.04. The molecule has 1 saturated heterocycles. The van der Waals surface area contributed by atoms with Gasteiger partial charge in [-0.3, -0.25) is 9.69 Å². The number of phenols is 1. The minimum absolute atomic E-state index is 0.00340. The number of aromatic hydroxyl groups is 1. The Labute approximate surface area is 212 Å². The summed E-state index contributed by atoms with van der Waals surface area (Å²) in [4.78, 5) is 29.7. The first-order chi connectivity index (χ1) is 17.8. The monoisotopic (exact) mass is 504 g/mol. The second-order valence-electron chi connectivity index (χ2n) is 9.27. The third kappa shape index (κ3) is 5.11. The number of aryl methyl sites for hydroxylation is 1. The molecule has 0 radical (unpaired) electrons. The van der Waals surface area contributed by atoms with E-state index in [-0.39, 0.29) is 41.3 Å². The molecule has 1 aliphatic rings. The van der Waals surface area contributed by atoms with E-state index in [1.54, 1.807) is 42.2 Å². The molecule has 37 heavy (non-hydrogen) atoms. The van der Waals surface area contributed by atoms with Crippen LogP contribution in [0.25, 0.3) is 11.0 Å². The highest BCUT2D eigenvalue weighted by molar-refractivity contribution is 5.85. The molecule has 1 aromatic heterocycles. The average molecular weight is 505 g/mol. The molecule has 1 N–H and O–H groups in total. The summed E-state index contributed by atoms with van der Waals surface area (Å²) in [5.41, 5.74) is 2.41. The van der Waals surface area contributed by atoms with E-state index >= 15 is 0 Å². The topological polar surface area (TPSA) is 74.0 Å². The molecule has 5 rings (SSSR count). The lowest BCUT2D eigenvalue weighted by Gasteiger charge is -2.40. The molecule has 1 amide bonds. The summed E-state index contributed by atoms with van der Waals surface area (Å²) in [6, 6.07) is 16.9. The van der Waals surface area contributed by atoms with Crippen LogP contribution in [0.2, 0.25) is 0 Å². The molecular weight excluding hydrogens is 478 g/mol. The third-order valence-electron chi connectivity index (χ3n) is 7.00. The average Bonchev–Trinajstić information content (AvgIpc) is 2.89. The van der Waals surface area contributed by atoms with Crippen molar-refractivity contribution in [1.29, 1.82) is 0 Å². The summed E-state index contributed by atoms with van der Waals surface area (Å²) in [5, 5.41) is 10.3. The van der Waals surface area contributed by atoms with Gasteiger partial charge in [0.05, 0.1) is 18.0 Å². The summed E-state index contributed by atoms with van der Waals surface area (Å²) < 4.78 is 32.5. The van der Waals surface area contributed by atoms with Crippen LogP contribution in [0.4, 0.5) is 8.78 Å². The zero-order chi connectivity index (χ0) is 26.1. The fourth-order valence-corrected chi connectivity index (χ4v) is 4.98. The number of nitrogens with zero attached hydrogens (tertiary/aromatic N) is 2. The van der Waals surface area contributed by atoms with E-state index in [4.69, 9.17) is 4.42 Å². The molecule has 1 fully saturated rings. The Morgan fingerprint density at radius 2 is 1.49 bits per heavy atom. The second-order valence-corrected chi connectivity index (χ2v) is 9.27. The molecule has 190 valence electrons. The van der Waals surface area contributed by atoms with Crippen LogP contribution in [0.1, 0.15) is 28.3 Å². The fourth-order valence-electron chi connectivity index (χ4n) is 4.98. The van der Waals surface area contributed by atoms with Crippen LogP contribution in [0.15, 0.2) is 75.9 Å². The van der Waals surface area contributed by atoms with E-state index in [0.717, 1.165) is 11.1 Å². The van der Waals surface area contributed by atoms with Crippen LogP contribution in [0.3, 0.4) is 0 Å². The number of halogens is 2. The fraction of sp³-hybridized carbons (Fsp3) is 0.241. The zero-order valence-electron chi connectivity index (χ0n) is 20.3. The predicted molar refractivity (Wildman–Crippen MR) is 135 cm³/mol. The van der Waals surface area contributed by atoms with Gasteiger partial charge in [0, 0.05) is 37.6 Å². The van der Waals surface area contributed by atoms with Gasteiger partial charge in [-0.2, -0.15) is 0 Å². The van der Waals surface area contributed by atoms with E-state index in [0.29, 0.717) is 42.7 Å². The van der Waals surface area contributed by atoms with Gasteiger partial charge < -0.3 is 14.4 Å². The SMILES string of the molecule is Cc1c(CC(=O)N2CCN(C(c3ccc(F)cc3)c3ccc(F)cc3)CC2)c(=O)oc2cc(O)ccc12. The van der Waals surface area contributed by atoms with Crippen LogP contribution in [0.5, 0.6) is 5.75 Å². The van der Waals surface area contributed by atoms with Crippen molar-refractivity contribution in [1.82, 2.24) is 9.80 Å². The molecule has 8 heteroatoms. The van der Waals surface area contributed by atoms with Gasteiger partial charge in [0.25, 0.3) is 0 Å². The van der Waals surface area contributed by atoms with Crippen LogP contribution < -0.4 is 5.63 Å². The van der Waals surface area contributed by atoms with Gasteiger partial charge in [-0.25, -0.2) is 13.6 Å². The molecule has 3 aromatic carbocycles. The molecule has 0 atom stereocenters. The highest BCUT2D eigenvalue weighted by Crippen LogP contribution is 2.30. The lowest BCUT2D eigenvalue weighted by molar-refractivity contribution is -0.132. The molecule has 0 spiro atoms. The van der Waals surface area contributed by atoms with Crippen molar-refractivity contribution in [3.63, 3.8) is 0 Å². The van der Waals surface area contributed by atoms with Crippen molar-refractivity contribution in [2.75, 3.05) is 26.2 Å². The Morgan fingerprint density at radius 1 is 0.919 bits per heavy atom. The minimum Gasteiger partial charge on any atom is -0.508 e. The first-order valence-corrected chi connectivity index (χ1v) is 12.1. The number of phenolic OH excluding ortho intramolecular Hbond substituents is 1. The van der Waals surface area contributed by atoms with Crippen LogP contribution in [-0.2, 0) is 11.2 Å². The maximum absolute atomic E-state index is 13.6. The lowest BCUT2D eigenvalue weighted by atomic mass is 9.96. The number of piperazine rings is 1. The smallest absolute Gasteiger partial charge is 0.340 e. The summed E-state index contributed by atoms with van der Waals surface area (Å²) >= 11 is 0. The molecular formula is C29H26F2N2O4. The Balaban J connectivity index is 1.33. The Kier molecular flexibility index (Phi) is 6.76. The summed E-state index contributed by atoms with van der Waals surface area (Å²) in [7, 11) is 0. The van der Waals surface area contributed by atoms with Gasteiger partial charge in [-0.15, -0.1) is 0 Å². The number of carbonyl (C=O) groups is 1. The summed E-state index contributed by atoms with van der Waals surface area (Å²) in [6.45, 7) is 3.77. The van der Waals surface area contributed by atoms with E-state index in [1.807, 2.05) is 0 Å². The quantitative estimate of drug-likeness (QED) is 0.404. The molecule has 4 aromatic rings. The van der Waals surface area contributed by atoms with Crippen molar-refractivity contribution in [2.45, 2.75) is 19.4 Å². The number of benzene rings is 3. The number of amides is 1. The Bertz CT molecular complexity index is 1450. The molecule has 0 saturated carbocycles. The zero-order valence-corrected chi connectivity index (χ0v) is 20.3. The number of carbonyl (C=O) groups excluding carboxylic acids is 1. The third-order valence-corrected chi connectivity index (χ3v) is 7.00. The van der Waals surface area contributed by atoms with Crippen molar-refractivity contribution in [2.24, 2.45) is 0 Å². The molecule has 6 nitrogen and oxygen atoms in total. The normalized spacial score (nSPS) is 14.4. The van der Waals surface area contributed by atoms with Crippen molar-refractivity contribution >= 4 is 16.9 Å². The van der Waals surface area contributed by atoms with Gasteiger partial charge in [0.15, 0.2) is 0 Å².